The van der Waals surface area contributed by atoms with Crippen LogP contribution in [0.5, 0.6) is 5.75 Å². The number of hydrogen-bond donors (Lipinski definition) is 1. The molecular formula is C17H16BrNO7S. The number of carboxylic acids is 1. The Morgan fingerprint density at radius 2 is 2.07 bits per heavy atom. The second-order valence-corrected chi connectivity index (χ2v) is 7.25. The van der Waals surface area contributed by atoms with E-state index in [1.54, 1.807) is 25.1 Å². The van der Waals surface area contributed by atoms with Gasteiger partial charge in [-0.1, -0.05) is 15.9 Å². The van der Waals surface area contributed by atoms with Gasteiger partial charge in [-0.05, 0) is 49.9 Å². The van der Waals surface area contributed by atoms with Crippen LogP contribution >= 0.6 is 27.7 Å². The molecule has 1 aliphatic rings. The van der Waals surface area contributed by atoms with Crippen molar-refractivity contribution in [2.24, 2.45) is 0 Å². The molecule has 1 N–H and O–H groups in total. The van der Waals surface area contributed by atoms with Crippen LogP contribution in [0.4, 0.5) is 4.79 Å². The van der Waals surface area contributed by atoms with E-state index in [0.717, 1.165) is 4.90 Å². The van der Waals surface area contributed by atoms with Gasteiger partial charge in [-0.25, -0.2) is 9.59 Å². The van der Waals surface area contributed by atoms with Crippen molar-refractivity contribution in [2.45, 2.75) is 19.9 Å². The topological polar surface area (TPSA) is 110 Å². The predicted molar refractivity (Wildman–Crippen MR) is 101 cm³/mol. The standard InChI is InChI=1S/C17H16BrNO7S/c1-3-25-16(23)9(2)19-15(22)13(27-17(19)24)7-10-6-11(18)4-5-12(10)26-8-14(20)21/h4-7,9H,3,8H2,1-2H3,(H,20,21)/b13-7+/t9-/m1/s1. The van der Waals surface area contributed by atoms with Gasteiger partial charge >= 0.3 is 11.9 Å². The van der Waals surface area contributed by atoms with Crippen LogP contribution in [-0.4, -0.2) is 52.3 Å². The molecule has 10 heteroatoms. The number of carbonyl (C=O) groups is 4. The fourth-order valence-electron chi connectivity index (χ4n) is 2.23. The van der Waals surface area contributed by atoms with Gasteiger partial charge in [0.2, 0.25) is 0 Å². The van der Waals surface area contributed by atoms with Crippen LogP contribution in [0.15, 0.2) is 27.6 Å². The summed E-state index contributed by atoms with van der Waals surface area (Å²) in [7, 11) is 0. The fraction of sp³-hybridized carbons (Fsp3) is 0.294. The van der Waals surface area contributed by atoms with E-state index >= 15 is 0 Å². The van der Waals surface area contributed by atoms with Gasteiger partial charge in [0, 0.05) is 10.0 Å². The lowest BCUT2D eigenvalue weighted by Crippen LogP contribution is -2.42. The molecule has 0 bridgehead atoms. The zero-order valence-electron chi connectivity index (χ0n) is 14.4. The van der Waals surface area contributed by atoms with Gasteiger partial charge in [0.1, 0.15) is 11.8 Å². The molecule has 0 aliphatic carbocycles. The molecule has 1 aliphatic heterocycles. The number of ether oxygens (including phenoxy) is 2. The van der Waals surface area contributed by atoms with E-state index in [0.29, 0.717) is 21.8 Å². The zero-order valence-corrected chi connectivity index (χ0v) is 16.8. The monoisotopic (exact) mass is 457 g/mol. The summed E-state index contributed by atoms with van der Waals surface area (Å²) in [6, 6.07) is 3.78. The van der Waals surface area contributed by atoms with Crippen molar-refractivity contribution in [3.8, 4) is 5.75 Å². The number of carbonyl (C=O) groups excluding carboxylic acids is 3. The van der Waals surface area contributed by atoms with E-state index < -0.39 is 35.7 Å². The molecule has 1 fully saturated rings. The average Bonchev–Trinajstić information content (AvgIpc) is 2.87. The molecule has 144 valence electrons. The number of hydrogen-bond acceptors (Lipinski definition) is 7. The van der Waals surface area contributed by atoms with E-state index in [9.17, 15) is 19.2 Å². The lowest BCUT2D eigenvalue weighted by molar-refractivity contribution is -0.150. The summed E-state index contributed by atoms with van der Waals surface area (Å²) in [6.07, 6.45) is 1.42. The first kappa shape index (κ1) is 21.0. The molecule has 1 aromatic rings. The van der Waals surface area contributed by atoms with Crippen molar-refractivity contribution >= 4 is 56.9 Å². The number of rotatable bonds is 7. The van der Waals surface area contributed by atoms with Crippen molar-refractivity contribution < 1.29 is 33.8 Å². The largest absolute Gasteiger partial charge is 0.481 e. The molecule has 0 aromatic heterocycles. The minimum absolute atomic E-state index is 0.0921. The molecule has 2 amide bonds. The van der Waals surface area contributed by atoms with Crippen LogP contribution in [0.1, 0.15) is 19.4 Å². The van der Waals surface area contributed by atoms with Crippen molar-refractivity contribution in [1.29, 1.82) is 0 Å². The molecule has 1 aromatic carbocycles. The third kappa shape index (κ3) is 5.10. The number of benzene rings is 1. The molecule has 2 rings (SSSR count). The number of halogens is 1. The van der Waals surface area contributed by atoms with E-state index in [1.807, 2.05) is 0 Å². The normalized spacial score (nSPS) is 16.6. The van der Waals surface area contributed by atoms with Crippen LogP contribution in [-0.2, 0) is 19.1 Å². The Kier molecular flexibility index (Phi) is 7.03. The minimum atomic E-state index is -1.15. The fourth-order valence-corrected chi connectivity index (χ4v) is 3.50. The van der Waals surface area contributed by atoms with E-state index in [-0.39, 0.29) is 17.3 Å². The highest BCUT2D eigenvalue weighted by atomic mass is 79.9. The lowest BCUT2D eigenvalue weighted by Gasteiger charge is -2.19. The minimum Gasteiger partial charge on any atom is -0.481 e. The molecule has 8 nitrogen and oxygen atoms in total. The van der Waals surface area contributed by atoms with Crippen molar-refractivity contribution in [3.05, 3.63) is 33.1 Å². The van der Waals surface area contributed by atoms with Crippen LogP contribution in [0.25, 0.3) is 6.08 Å². The number of esters is 1. The van der Waals surface area contributed by atoms with Gasteiger partial charge in [-0.2, -0.15) is 0 Å². The van der Waals surface area contributed by atoms with Gasteiger partial charge in [-0.15, -0.1) is 0 Å². The zero-order chi connectivity index (χ0) is 20.1. The number of amides is 2. The number of carboxylic acid groups (broad SMARTS) is 1. The Bertz CT molecular complexity index is 823. The van der Waals surface area contributed by atoms with Gasteiger partial charge < -0.3 is 14.6 Å². The summed E-state index contributed by atoms with van der Waals surface area (Å²) in [5.74, 6) is -2.21. The summed E-state index contributed by atoms with van der Waals surface area (Å²) in [5, 5.41) is 8.18. The van der Waals surface area contributed by atoms with E-state index in [4.69, 9.17) is 14.6 Å². The first-order chi connectivity index (χ1) is 12.7. The summed E-state index contributed by atoms with van der Waals surface area (Å²) in [5.41, 5.74) is 0.417. The number of nitrogens with zero attached hydrogens (tertiary/aromatic N) is 1. The summed E-state index contributed by atoms with van der Waals surface area (Å²) >= 11 is 3.98. The number of aliphatic carboxylic acids is 1. The van der Waals surface area contributed by atoms with Crippen LogP contribution in [0.3, 0.4) is 0 Å². The Labute approximate surface area is 167 Å². The van der Waals surface area contributed by atoms with E-state index in [2.05, 4.69) is 15.9 Å². The lowest BCUT2D eigenvalue weighted by atomic mass is 10.1. The summed E-state index contributed by atoms with van der Waals surface area (Å²) in [6.45, 7) is 2.63. The van der Waals surface area contributed by atoms with Crippen molar-refractivity contribution in [1.82, 2.24) is 4.90 Å². The SMILES string of the molecule is CCOC(=O)[C@@H](C)N1C(=O)S/C(=C/c2cc(Br)ccc2OCC(=O)O)C1=O. The highest BCUT2D eigenvalue weighted by molar-refractivity contribution is 9.10. The summed E-state index contributed by atoms with van der Waals surface area (Å²) < 4.78 is 10.7. The highest BCUT2D eigenvalue weighted by Crippen LogP contribution is 2.36. The molecule has 1 heterocycles. The Morgan fingerprint density at radius 3 is 2.70 bits per heavy atom. The molecule has 0 unspecified atom stereocenters. The first-order valence-electron chi connectivity index (χ1n) is 7.82. The summed E-state index contributed by atoms with van der Waals surface area (Å²) in [4.78, 5) is 48.3. The number of imide groups is 1. The third-order valence-electron chi connectivity index (χ3n) is 3.45. The van der Waals surface area contributed by atoms with Crippen molar-refractivity contribution in [2.75, 3.05) is 13.2 Å². The maximum atomic E-state index is 12.6. The average molecular weight is 458 g/mol. The van der Waals surface area contributed by atoms with Crippen LogP contribution in [0, 0.1) is 0 Å². The number of thioether (sulfide) groups is 1. The first-order valence-corrected chi connectivity index (χ1v) is 9.43. The molecule has 0 spiro atoms. The molecular weight excluding hydrogens is 442 g/mol. The van der Waals surface area contributed by atoms with Gasteiger partial charge in [-0.3, -0.25) is 14.5 Å². The van der Waals surface area contributed by atoms with Gasteiger partial charge in [0.15, 0.2) is 6.61 Å². The van der Waals surface area contributed by atoms with Crippen molar-refractivity contribution in [3.63, 3.8) is 0 Å². The Hall–Kier alpha value is -2.33. The Morgan fingerprint density at radius 1 is 1.37 bits per heavy atom. The maximum Gasteiger partial charge on any atom is 0.341 e. The maximum absolute atomic E-state index is 12.6. The van der Waals surface area contributed by atoms with Gasteiger partial charge in [0.25, 0.3) is 11.1 Å². The second-order valence-electron chi connectivity index (χ2n) is 5.34. The molecule has 1 saturated heterocycles. The third-order valence-corrected chi connectivity index (χ3v) is 4.83. The Balaban J connectivity index is 2.31. The van der Waals surface area contributed by atoms with Gasteiger partial charge in [0.05, 0.1) is 11.5 Å². The highest BCUT2D eigenvalue weighted by Gasteiger charge is 2.41. The smallest absolute Gasteiger partial charge is 0.341 e. The van der Waals surface area contributed by atoms with E-state index in [1.165, 1.54) is 13.0 Å². The second kappa shape index (κ2) is 9.05. The molecule has 27 heavy (non-hydrogen) atoms. The molecule has 0 saturated carbocycles. The molecule has 0 radical (unpaired) electrons. The molecule has 1 atom stereocenters. The van der Waals surface area contributed by atoms with Crippen LogP contribution in [0.2, 0.25) is 0 Å². The van der Waals surface area contributed by atoms with Crippen LogP contribution < -0.4 is 4.74 Å². The quantitative estimate of drug-likeness (QED) is 0.491. The predicted octanol–water partition coefficient (Wildman–Crippen LogP) is 2.90.